The van der Waals surface area contributed by atoms with Crippen molar-refractivity contribution >= 4 is 27.8 Å². The molecule has 2 rings (SSSR count). The Morgan fingerprint density at radius 3 is 2.89 bits per heavy atom. The number of anilines is 1. The summed E-state index contributed by atoms with van der Waals surface area (Å²) in [5.41, 5.74) is 6.76. The molecule has 0 aliphatic carbocycles. The number of nitrogens with one attached hydrogen (secondary N) is 1. The molecule has 18 heavy (non-hydrogen) atoms. The van der Waals surface area contributed by atoms with Crippen LogP contribution in [0.5, 0.6) is 0 Å². The van der Waals surface area contributed by atoms with Gasteiger partial charge >= 0.3 is 0 Å². The summed E-state index contributed by atoms with van der Waals surface area (Å²) in [4.78, 5) is 9.80. The van der Waals surface area contributed by atoms with Crippen molar-refractivity contribution in [3.8, 4) is 0 Å². The van der Waals surface area contributed by atoms with Crippen LogP contribution < -0.4 is 11.1 Å². The van der Waals surface area contributed by atoms with Crippen LogP contribution >= 0.6 is 22.7 Å². The van der Waals surface area contributed by atoms with Crippen molar-refractivity contribution in [3.63, 3.8) is 0 Å². The first-order valence-corrected chi connectivity index (χ1v) is 7.70. The monoisotopic (exact) mass is 282 g/mol. The van der Waals surface area contributed by atoms with Gasteiger partial charge in [0, 0.05) is 41.9 Å². The Hall–Kier alpha value is -0.980. The van der Waals surface area contributed by atoms with E-state index >= 15 is 0 Å². The molecule has 98 valence electrons. The maximum absolute atomic E-state index is 5.58. The van der Waals surface area contributed by atoms with Crippen molar-refractivity contribution in [1.29, 1.82) is 0 Å². The van der Waals surface area contributed by atoms with Gasteiger partial charge in [-0.25, -0.2) is 9.97 Å². The second-order valence-electron chi connectivity index (χ2n) is 4.42. The van der Waals surface area contributed by atoms with Gasteiger partial charge in [0.05, 0.1) is 10.7 Å². The fourth-order valence-corrected chi connectivity index (χ4v) is 3.06. The van der Waals surface area contributed by atoms with Gasteiger partial charge in [-0.3, -0.25) is 0 Å². The van der Waals surface area contributed by atoms with Crippen LogP contribution in [0.15, 0.2) is 11.6 Å². The Morgan fingerprint density at radius 1 is 1.44 bits per heavy atom. The van der Waals surface area contributed by atoms with Crippen molar-refractivity contribution in [3.05, 3.63) is 27.2 Å². The number of nitrogens with zero attached hydrogens (tertiary/aromatic N) is 2. The molecule has 3 N–H and O–H groups in total. The third kappa shape index (κ3) is 3.76. The van der Waals surface area contributed by atoms with E-state index in [1.807, 2.05) is 6.20 Å². The van der Waals surface area contributed by atoms with E-state index in [1.165, 1.54) is 26.9 Å². The topological polar surface area (TPSA) is 63.8 Å². The number of nitrogens with two attached hydrogens (primary N) is 1. The molecule has 0 radical (unpaired) electrons. The van der Waals surface area contributed by atoms with Crippen molar-refractivity contribution in [1.82, 2.24) is 15.3 Å². The Balaban J connectivity index is 1.71. The largest absolute Gasteiger partial charge is 0.375 e. The van der Waals surface area contributed by atoms with E-state index < -0.39 is 0 Å². The molecule has 2 heterocycles. The fraction of sp³-hybridized carbons (Fsp3) is 0.500. The Labute approximate surface area is 115 Å². The molecule has 0 aromatic carbocycles. The zero-order chi connectivity index (χ0) is 13.0. The molecule has 0 saturated heterocycles. The van der Waals surface area contributed by atoms with Gasteiger partial charge in [0.15, 0.2) is 5.13 Å². The summed E-state index contributed by atoms with van der Waals surface area (Å²) >= 11 is 3.28. The van der Waals surface area contributed by atoms with Gasteiger partial charge in [0.2, 0.25) is 0 Å². The van der Waals surface area contributed by atoms with E-state index in [9.17, 15) is 0 Å². The number of aromatic nitrogens is 2. The van der Waals surface area contributed by atoms with Gasteiger partial charge in [0.1, 0.15) is 0 Å². The van der Waals surface area contributed by atoms with Crippen LogP contribution in [0.4, 0.5) is 5.13 Å². The SMILES string of the molecule is CC(C)c1nc(CCNCc2cnc(N)s2)cs1. The lowest BCUT2D eigenvalue weighted by molar-refractivity contribution is 0.684. The molecular weight excluding hydrogens is 264 g/mol. The molecule has 0 saturated carbocycles. The molecule has 0 aliphatic heterocycles. The van der Waals surface area contributed by atoms with Crippen LogP contribution in [-0.4, -0.2) is 16.5 Å². The second-order valence-corrected chi connectivity index (χ2v) is 6.46. The minimum atomic E-state index is 0.525. The number of hydrogen-bond donors (Lipinski definition) is 2. The van der Waals surface area contributed by atoms with Crippen molar-refractivity contribution < 1.29 is 0 Å². The highest BCUT2D eigenvalue weighted by Crippen LogP contribution is 2.19. The number of thiazole rings is 2. The van der Waals surface area contributed by atoms with Crippen molar-refractivity contribution in [2.75, 3.05) is 12.3 Å². The number of rotatable bonds is 6. The van der Waals surface area contributed by atoms with E-state index in [0.717, 1.165) is 19.5 Å². The van der Waals surface area contributed by atoms with Gasteiger partial charge < -0.3 is 11.1 Å². The standard InChI is InChI=1S/C12H18N4S2/c1-8(2)11-16-9(7-17-11)3-4-14-5-10-6-15-12(13)18-10/h6-8,14H,3-5H2,1-2H3,(H2,13,15). The van der Waals surface area contributed by atoms with E-state index in [1.54, 1.807) is 11.3 Å². The first-order chi connectivity index (χ1) is 8.65. The Bertz CT molecular complexity index is 490. The van der Waals surface area contributed by atoms with Crippen LogP contribution in [0.2, 0.25) is 0 Å². The summed E-state index contributed by atoms with van der Waals surface area (Å²) in [5, 5.41) is 7.39. The average molecular weight is 282 g/mol. The van der Waals surface area contributed by atoms with Crippen LogP contribution in [0.3, 0.4) is 0 Å². The van der Waals surface area contributed by atoms with E-state index in [4.69, 9.17) is 5.73 Å². The lowest BCUT2D eigenvalue weighted by Gasteiger charge is -2.01. The molecule has 0 amide bonds. The van der Waals surface area contributed by atoms with Gasteiger partial charge in [-0.1, -0.05) is 13.8 Å². The van der Waals surface area contributed by atoms with Crippen LogP contribution in [-0.2, 0) is 13.0 Å². The molecule has 0 spiro atoms. The molecule has 0 unspecified atom stereocenters. The summed E-state index contributed by atoms with van der Waals surface area (Å²) in [6.45, 7) is 6.11. The summed E-state index contributed by atoms with van der Waals surface area (Å²) in [6, 6.07) is 0. The van der Waals surface area contributed by atoms with Gasteiger partial charge in [-0.2, -0.15) is 0 Å². The molecule has 0 bridgehead atoms. The molecule has 4 nitrogen and oxygen atoms in total. The molecule has 0 fully saturated rings. The summed E-state index contributed by atoms with van der Waals surface area (Å²) < 4.78 is 0. The molecular formula is C12H18N4S2. The first-order valence-electron chi connectivity index (χ1n) is 6.00. The Morgan fingerprint density at radius 2 is 2.28 bits per heavy atom. The predicted molar refractivity (Wildman–Crippen MR) is 78.1 cm³/mol. The smallest absolute Gasteiger partial charge is 0.180 e. The predicted octanol–water partition coefficient (Wildman–Crippen LogP) is 2.64. The van der Waals surface area contributed by atoms with Crippen molar-refractivity contribution in [2.45, 2.75) is 32.7 Å². The molecule has 2 aromatic heterocycles. The Kier molecular flexibility index (Phi) is 4.68. The van der Waals surface area contributed by atoms with E-state index in [-0.39, 0.29) is 0 Å². The zero-order valence-corrected chi connectivity index (χ0v) is 12.3. The van der Waals surface area contributed by atoms with Crippen LogP contribution in [0.1, 0.15) is 35.3 Å². The molecule has 2 aromatic rings. The average Bonchev–Trinajstić information content (AvgIpc) is 2.93. The summed E-state index contributed by atoms with van der Waals surface area (Å²) in [5.74, 6) is 0.525. The van der Waals surface area contributed by atoms with Gasteiger partial charge in [-0.15, -0.1) is 22.7 Å². The maximum Gasteiger partial charge on any atom is 0.180 e. The fourth-order valence-electron chi connectivity index (χ4n) is 1.54. The quantitative estimate of drug-likeness (QED) is 0.800. The van der Waals surface area contributed by atoms with Crippen LogP contribution in [0, 0.1) is 0 Å². The second kappa shape index (κ2) is 6.26. The highest BCUT2D eigenvalue weighted by molar-refractivity contribution is 7.15. The maximum atomic E-state index is 5.58. The van der Waals surface area contributed by atoms with Gasteiger partial charge in [0.25, 0.3) is 0 Å². The minimum Gasteiger partial charge on any atom is -0.375 e. The molecule has 0 aliphatic rings. The lowest BCUT2D eigenvalue weighted by atomic mass is 10.2. The lowest BCUT2D eigenvalue weighted by Crippen LogP contribution is -2.16. The summed E-state index contributed by atoms with van der Waals surface area (Å²) in [7, 11) is 0. The third-order valence-electron chi connectivity index (χ3n) is 2.49. The number of hydrogen-bond acceptors (Lipinski definition) is 6. The first kappa shape index (κ1) is 13.5. The van der Waals surface area contributed by atoms with E-state index in [2.05, 4.69) is 34.5 Å². The van der Waals surface area contributed by atoms with E-state index in [0.29, 0.717) is 11.0 Å². The number of nitrogen functional groups attached to an aromatic ring is 1. The summed E-state index contributed by atoms with van der Waals surface area (Å²) in [6.07, 6.45) is 2.80. The van der Waals surface area contributed by atoms with Gasteiger partial charge in [-0.05, 0) is 0 Å². The third-order valence-corrected chi connectivity index (χ3v) is 4.51. The zero-order valence-electron chi connectivity index (χ0n) is 10.6. The normalized spacial score (nSPS) is 11.3. The van der Waals surface area contributed by atoms with Crippen LogP contribution in [0.25, 0.3) is 0 Å². The minimum absolute atomic E-state index is 0.525. The molecule has 6 heteroatoms. The molecule has 0 atom stereocenters. The highest BCUT2D eigenvalue weighted by Gasteiger charge is 2.05. The highest BCUT2D eigenvalue weighted by atomic mass is 32.1. The van der Waals surface area contributed by atoms with Crippen molar-refractivity contribution in [2.24, 2.45) is 0 Å².